The average Bonchev–Trinajstić information content (AvgIpc) is 2.14. The van der Waals surface area contributed by atoms with E-state index in [1.165, 1.54) is 0 Å². The minimum absolute atomic E-state index is 0.532. The van der Waals surface area contributed by atoms with Gasteiger partial charge in [0.15, 0.2) is 0 Å². The van der Waals surface area contributed by atoms with Gasteiger partial charge in [0.05, 0.1) is 15.9 Å². The van der Waals surface area contributed by atoms with Crippen molar-refractivity contribution in [3.8, 4) is 0 Å². The van der Waals surface area contributed by atoms with Crippen molar-refractivity contribution >= 4 is 34.2 Å². The van der Waals surface area contributed by atoms with Crippen LogP contribution in [-0.4, -0.2) is 23.2 Å². The molecule has 1 heterocycles. The Balaban J connectivity index is 2.69. The summed E-state index contributed by atoms with van der Waals surface area (Å²) >= 11 is 8.07. The fourth-order valence-corrected chi connectivity index (χ4v) is 1.47. The Bertz CT molecular complexity index is 297. The molecule has 78 valence electrons. The Morgan fingerprint density at radius 2 is 2.14 bits per heavy atom. The molecule has 0 N–H and O–H groups in total. The molecule has 0 saturated heterocycles. The van der Waals surface area contributed by atoms with Crippen LogP contribution in [0.3, 0.4) is 0 Å². The smallest absolute Gasteiger partial charge is 0.146 e. The summed E-state index contributed by atoms with van der Waals surface area (Å²) in [6, 6.07) is 0. The molecule has 0 aliphatic heterocycles. The van der Waals surface area contributed by atoms with Crippen molar-refractivity contribution in [2.75, 3.05) is 13.2 Å². The zero-order valence-corrected chi connectivity index (χ0v) is 11.1. The summed E-state index contributed by atoms with van der Waals surface area (Å²) < 4.78 is 6.14. The quantitative estimate of drug-likeness (QED) is 0.485. The molecule has 1 rings (SSSR count). The second-order valence-electron chi connectivity index (χ2n) is 2.78. The van der Waals surface area contributed by atoms with E-state index in [2.05, 4.69) is 32.6 Å². The van der Waals surface area contributed by atoms with E-state index in [1.54, 1.807) is 0 Å². The molecule has 0 fully saturated rings. The predicted octanol–water partition coefficient (Wildman–Crippen LogP) is 2.62. The molecular weight excluding hydrogens is 314 g/mol. The van der Waals surface area contributed by atoms with E-state index in [-0.39, 0.29) is 0 Å². The number of rotatable bonds is 4. The van der Waals surface area contributed by atoms with Crippen molar-refractivity contribution < 1.29 is 4.74 Å². The minimum Gasteiger partial charge on any atom is -0.381 e. The van der Waals surface area contributed by atoms with Crippen molar-refractivity contribution in [1.29, 1.82) is 0 Å². The van der Waals surface area contributed by atoms with Gasteiger partial charge in [0, 0.05) is 13.0 Å². The molecule has 14 heavy (non-hydrogen) atoms. The van der Waals surface area contributed by atoms with Crippen LogP contribution in [0, 0.1) is 10.5 Å². The van der Waals surface area contributed by atoms with E-state index in [4.69, 9.17) is 16.3 Å². The minimum atomic E-state index is 0.532. The van der Waals surface area contributed by atoms with Crippen LogP contribution in [0.4, 0.5) is 0 Å². The highest BCUT2D eigenvalue weighted by atomic mass is 127. The van der Waals surface area contributed by atoms with Gasteiger partial charge < -0.3 is 4.74 Å². The topological polar surface area (TPSA) is 35.0 Å². The van der Waals surface area contributed by atoms with E-state index in [9.17, 15) is 0 Å². The molecule has 0 bridgehead atoms. The Kier molecular flexibility index (Phi) is 5.05. The van der Waals surface area contributed by atoms with Crippen molar-refractivity contribution in [2.24, 2.45) is 0 Å². The van der Waals surface area contributed by atoms with Gasteiger partial charge in [0.2, 0.25) is 0 Å². The SMILES string of the molecule is CCOCCc1nc(C)c(I)c(Cl)n1. The van der Waals surface area contributed by atoms with Gasteiger partial charge in [-0.1, -0.05) is 11.6 Å². The molecule has 5 heteroatoms. The van der Waals surface area contributed by atoms with E-state index >= 15 is 0 Å². The maximum Gasteiger partial charge on any atom is 0.146 e. The molecule has 0 aromatic carbocycles. The lowest BCUT2D eigenvalue weighted by Crippen LogP contribution is -2.05. The molecule has 0 aliphatic rings. The summed E-state index contributed by atoms with van der Waals surface area (Å²) in [5, 5.41) is 0.532. The lowest BCUT2D eigenvalue weighted by atomic mass is 10.4. The number of hydrogen-bond donors (Lipinski definition) is 0. The van der Waals surface area contributed by atoms with Gasteiger partial charge in [-0.2, -0.15) is 0 Å². The van der Waals surface area contributed by atoms with Crippen molar-refractivity contribution in [2.45, 2.75) is 20.3 Å². The van der Waals surface area contributed by atoms with Crippen LogP contribution in [0.25, 0.3) is 0 Å². The molecule has 1 aromatic heterocycles. The van der Waals surface area contributed by atoms with Crippen LogP contribution in [0.2, 0.25) is 5.15 Å². The third kappa shape index (κ3) is 3.33. The fourth-order valence-electron chi connectivity index (χ4n) is 0.999. The number of hydrogen-bond acceptors (Lipinski definition) is 3. The Morgan fingerprint density at radius 1 is 1.43 bits per heavy atom. The molecular formula is C9H12ClIN2O. The first-order valence-corrected chi connectivity index (χ1v) is 5.87. The maximum absolute atomic E-state index is 5.93. The van der Waals surface area contributed by atoms with Crippen molar-refractivity contribution in [3.63, 3.8) is 0 Å². The van der Waals surface area contributed by atoms with Gasteiger partial charge in [0.1, 0.15) is 11.0 Å². The predicted molar refractivity (Wildman–Crippen MR) is 64.7 cm³/mol. The fraction of sp³-hybridized carbons (Fsp3) is 0.556. The molecule has 0 spiro atoms. The van der Waals surface area contributed by atoms with Crippen molar-refractivity contribution in [1.82, 2.24) is 9.97 Å². The number of nitrogens with zero attached hydrogens (tertiary/aromatic N) is 2. The largest absolute Gasteiger partial charge is 0.381 e. The second-order valence-corrected chi connectivity index (χ2v) is 4.21. The Morgan fingerprint density at radius 3 is 2.71 bits per heavy atom. The van der Waals surface area contributed by atoms with Crippen LogP contribution in [0.15, 0.2) is 0 Å². The first-order chi connectivity index (χ1) is 6.65. The van der Waals surface area contributed by atoms with Gasteiger partial charge >= 0.3 is 0 Å². The summed E-state index contributed by atoms with van der Waals surface area (Å²) in [6.45, 7) is 5.26. The lowest BCUT2D eigenvalue weighted by molar-refractivity contribution is 0.149. The molecule has 1 aromatic rings. The summed E-state index contributed by atoms with van der Waals surface area (Å²) in [6.07, 6.45) is 0.714. The van der Waals surface area contributed by atoms with Gasteiger partial charge in [-0.05, 0) is 36.4 Å². The normalized spacial score (nSPS) is 10.6. The highest BCUT2D eigenvalue weighted by molar-refractivity contribution is 14.1. The van der Waals surface area contributed by atoms with Gasteiger partial charge in [-0.15, -0.1) is 0 Å². The number of ether oxygens (including phenoxy) is 1. The number of halogens is 2. The Labute approximate surface area is 102 Å². The molecule has 3 nitrogen and oxygen atoms in total. The lowest BCUT2D eigenvalue weighted by Gasteiger charge is -2.04. The van der Waals surface area contributed by atoms with Crippen molar-refractivity contribution in [3.05, 3.63) is 20.2 Å². The zero-order chi connectivity index (χ0) is 10.6. The summed E-state index contributed by atoms with van der Waals surface area (Å²) in [5.41, 5.74) is 0.928. The third-order valence-corrected chi connectivity index (χ3v) is 3.58. The Hall–Kier alpha value is 0.0600. The highest BCUT2D eigenvalue weighted by Crippen LogP contribution is 2.18. The van der Waals surface area contributed by atoms with Gasteiger partial charge in [-0.25, -0.2) is 9.97 Å². The van der Waals surface area contributed by atoms with Crippen LogP contribution >= 0.6 is 34.2 Å². The third-order valence-electron chi connectivity index (χ3n) is 1.70. The summed E-state index contributed by atoms with van der Waals surface area (Å²) in [7, 11) is 0. The second kappa shape index (κ2) is 5.82. The average molecular weight is 327 g/mol. The van der Waals surface area contributed by atoms with E-state index in [1.807, 2.05) is 13.8 Å². The van der Waals surface area contributed by atoms with Crippen LogP contribution in [-0.2, 0) is 11.2 Å². The monoisotopic (exact) mass is 326 g/mol. The molecule has 0 radical (unpaired) electrons. The van der Waals surface area contributed by atoms with Crippen LogP contribution < -0.4 is 0 Å². The molecule has 0 unspecified atom stereocenters. The summed E-state index contributed by atoms with van der Waals surface area (Å²) in [5.74, 6) is 0.751. The van der Waals surface area contributed by atoms with Crippen LogP contribution in [0.5, 0.6) is 0 Å². The zero-order valence-electron chi connectivity index (χ0n) is 8.18. The van der Waals surface area contributed by atoms with E-state index < -0.39 is 0 Å². The number of aromatic nitrogens is 2. The van der Waals surface area contributed by atoms with Crippen LogP contribution in [0.1, 0.15) is 18.4 Å². The maximum atomic E-state index is 5.93. The number of aryl methyl sites for hydroxylation is 1. The molecule has 0 aliphatic carbocycles. The summed E-state index contributed by atoms with van der Waals surface area (Å²) in [4.78, 5) is 8.49. The first-order valence-electron chi connectivity index (χ1n) is 4.41. The van der Waals surface area contributed by atoms with Gasteiger partial charge in [0.25, 0.3) is 0 Å². The van der Waals surface area contributed by atoms with E-state index in [0.29, 0.717) is 18.2 Å². The van der Waals surface area contributed by atoms with E-state index in [0.717, 1.165) is 21.7 Å². The van der Waals surface area contributed by atoms with Gasteiger partial charge in [-0.3, -0.25) is 0 Å². The molecule has 0 saturated carbocycles. The molecule has 0 atom stereocenters. The standard InChI is InChI=1S/C9H12ClIN2O/c1-3-14-5-4-7-12-6(2)8(11)9(10)13-7/h3-5H2,1-2H3. The first kappa shape index (κ1) is 12.1. The highest BCUT2D eigenvalue weighted by Gasteiger charge is 2.06. The molecule has 0 amide bonds.